The van der Waals surface area contributed by atoms with Gasteiger partial charge < -0.3 is 5.73 Å². The fraction of sp³-hybridized carbons (Fsp3) is 0.800. The molecule has 1 saturated carbocycles. The van der Waals surface area contributed by atoms with Gasteiger partial charge in [-0.3, -0.25) is 0 Å². The Morgan fingerprint density at radius 2 is 2.20 bits per heavy atom. The third-order valence-electron chi connectivity index (χ3n) is 3.31. The number of aromatic nitrogens is 3. The van der Waals surface area contributed by atoms with E-state index in [4.69, 9.17) is 5.73 Å². The van der Waals surface area contributed by atoms with Crippen LogP contribution in [-0.2, 0) is 0 Å². The topological polar surface area (TPSA) is 56.7 Å². The molecule has 2 atom stereocenters. The van der Waals surface area contributed by atoms with Gasteiger partial charge in [0.15, 0.2) is 4.73 Å². The number of halogens is 1. The monoisotopic (exact) mass is 272 g/mol. The quantitative estimate of drug-likeness (QED) is 0.901. The fourth-order valence-corrected chi connectivity index (χ4v) is 3.04. The molecule has 84 valence electrons. The molecule has 1 aliphatic carbocycles. The van der Waals surface area contributed by atoms with E-state index in [1.807, 2.05) is 4.68 Å². The van der Waals surface area contributed by atoms with Crippen molar-refractivity contribution < 1.29 is 0 Å². The molecule has 0 amide bonds. The highest BCUT2D eigenvalue weighted by Crippen LogP contribution is 2.36. The molecule has 15 heavy (non-hydrogen) atoms. The summed E-state index contributed by atoms with van der Waals surface area (Å²) in [4.78, 5) is 4.10. The third kappa shape index (κ3) is 2.17. The van der Waals surface area contributed by atoms with Crippen LogP contribution in [0.3, 0.4) is 0 Å². The lowest BCUT2D eigenvalue weighted by Gasteiger charge is -2.30. The minimum atomic E-state index is 0.363. The molecular formula is C10H17BrN4. The lowest BCUT2D eigenvalue weighted by Crippen LogP contribution is -2.24. The maximum Gasteiger partial charge on any atom is 0.240 e. The molecule has 2 N–H and O–H groups in total. The second-order valence-electron chi connectivity index (χ2n) is 4.20. The minimum absolute atomic E-state index is 0.363. The van der Waals surface area contributed by atoms with Gasteiger partial charge in [-0.05, 0) is 34.7 Å². The van der Waals surface area contributed by atoms with E-state index in [9.17, 15) is 0 Å². The van der Waals surface area contributed by atoms with Crippen molar-refractivity contribution in [2.75, 3.05) is 5.73 Å². The van der Waals surface area contributed by atoms with E-state index in [1.165, 1.54) is 32.1 Å². The van der Waals surface area contributed by atoms with E-state index in [2.05, 4.69) is 32.9 Å². The summed E-state index contributed by atoms with van der Waals surface area (Å²) in [6, 6.07) is 0.475. The van der Waals surface area contributed by atoms with Crippen molar-refractivity contribution in [2.45, 2.75) is 45.1 Å². The number of hydrogen-bond donors (Lipinski definition) is 1. The van der Waals surface area contributed by atoms with Crippen LogP contribution in [0.4, 0.5) is 5.95 Å². The molecule has 0 aromatic carbocycles. The zero-order chi connectivity index (χ0) is 10.8. The van der Waals surface area contributed by atoms with Gasteiger partial charge in [-0.25, -0.2) is 4.68 Å². The Bertz CT molecular complexity index is 336. The molecule has 0 radical (unpaired) electrons. The smallest absolute Gasteiger partial charge is 0.240 e. The van der Waals surface area contributed by atoms with E-state index < -0.39 is 0 Å². The summed E-state index contributed by atoms with van der Waals surface area (Å²) in [7, 11) is 0. The van der Waals surface area contributed by atoms with Crippen molar-refractivity contribution in [3.63, 3.8) is 0 Å². The first-order valence-corrected chi connectivity index (χ1v) is 6.39. The van der Waals surface area contributed by atoms with Crippen molar-refractivity contribution in [3.8, 4) is 0 Å². The number of nitrogens with zero attached hydrogens (tertiary/aromatic N) is 3. The standard InChI is InChI=1S/C10H17BrN4/c1-2-7-5-3-4-6-8(7)15-9(11)13-10(12)14-15/h7-8H,2-6H2,1H3,(H2,12,14). The van der Waals surface area contributed by atoms with Crippen LogP contribution < -0.4 is 5.73 Å². The lowest BCUT2D eigenvalue weighted by molar-refractivity contribution is 0.214. The Kier molecular flexibility index (Phi) is 3.29. The van der Waals surface area contributed by atoms with Crippen molar-refractivity contribution in [1.82, 2.24) is 14.8 Å². The molecule has 1 aromatic heterocycles. The Hall–Kier alpha value is -0.580. The Morgan fingerprint density at radius 1 is 1.47 bits per heavy atom. The summed E-state index contributed by atoms with van der Waals surface area (Å²) >= 11 is 3.42. The maximum absolute atomic E-state index is 5.60. The molecule has 2 rings (SSSR count). The highest BCUT2D eigenvalue weighted by atomic mass is 79.9. The van der Waals surface area contributed by atoms with Crippen LogP contribution >= 0.6 is 15.9 Å². The Morgan fingerprint density at radius 3 is 2.80 bits per heavy atom. The molecule has 1 heterocycles. The van der Waals surface area contributed by atoms with Gasteiger partial charge in [0.25, 0.3) is 0 Å². The summed E-state index contributed by atoms with van der Waals surface area (Å²) in [5.74, 6) is 1.08. The highest BCUT2D eigenvalue weighted by molar-refractivity contribution is 9.10. The first-order valence-electron chi connectivity index (χ1n) is 5.60. The molecule has 0 spiro atoms. The van der Waals surface area contributed by atoms with Gasteiger partial charge in [-0.2, -0.15) is 4.98 Å². The first kappa shape index (κ1) is 10.9. The zero-order valence-corrected chi connectivity index (χ0v) is 10.6. The van der Waals surface area contributed by atoms with Crippen LogP contribution in [0, 0.1) is 5.92 Å². The van der Waals surface area contributed by atoms with Gasteiger partial charge in [0.05, 0.1) is 6.04 Å². The molecule has 1 aliphatic rings. The average Bonchev–Trinajstić information content (AvgIpc) is 2.57. The molecule has 0 aliphatic heterocycles. The van der Waals surface area contributed by atoms with E-state index in [0.29, 0.717) is 12.0 Å². The van der Waals surface area contributed by atoms with Gasteiger partial charge >= 0.3 is 0 Å². The first-order chi connectivity index (χ1) is 7.22. The molecule has 0 bridgehead atoms. The number of hydrogen-bond acceptors (Lipinski definition) is 3. The second kappa shape index (κ2) is 4.51. The van der Waals surface area contributed by atoms with Crippen molar-refractivity contribution in [2.24, 2.45) is 5.92 Å². The van der Waals surface area contributed by atoms with Crippen LogP contribution in [0.1, 0.15) is 45.1 Å². The van der Waals surface area contributed by atoms with Crippen molar-refractivity contribution in [3.05, 3.63) is 4.73 Å². The number of anilines is 1. The van der Waals surface area contributed by atoms with Gasteiger partial charge in [0.2, 0.25) is 5.95 Å². The molecule has 5 heteroatoms. The molecule has 4 nitrogen and oxygen atoms in total. The Balaban J connectivity index is 2.23. The van der Waals surface area contributed by atoms with Gasteiger partial charge in [-0.15, -0.1) is 5.10 Å². The average molecular weight is 273 g/mol. The third-order valence-corrected chi connectivity index (χ3v) is 3.85. The van der Waals surface area contributed by atoms with Crippen LogP contribution in [-0.4, -0.2) is 14.8 Å². The SMILES string of the molecule is CCC1CCCCC1n1nc(N)nc1Br. The van der Waals surface area contributed by atoms with Crippen LogP contribution in [0.25, 0.3) is 0 Å². The zero-order valence-electron chi connectivity index (χ0n) is 8.99. The van der Waals surface area contributed by atoms with E-state index in [-0.39, 0.29) is 0 Å². The predicted octanol–water partition coefficient (Wildman–Crippen LogP) is 2.76. The van der Waals surface area contributed by atoms with Crippen LogP contribution in [0.2, 0.25) is 0 Å². The number of rotatable bonds is 2. The van der Waals surface area contributed by atoms with Crippen molar-refractivity contribution >= 4 is 21.9 Å². The maximum atomic E-state index is 5.60. The minimum Gasteiger partial charge on any atom is -0.366 e. The fourth-order valence-electron chi connectivity index (χ4n) is 2.52. The number of nitrogens with two attached hydrogens (primary N) is 1. The van der Waals surface area contributed by atoms with Crippen molar-refractivity contribution in [1.29, 1.82) is 0 Å². The summed E-state index contributed by atoms with van der Waals surface area (Å²) in [5, 5.41) is 4.27. The summed E-state index contributed by atoms with van der Waals surface area (Å²) in [6.45, 7) is 2.25. The molecule has 0 saturated heterocycles. The summed E-state index contributed by atoms with van der Waals surface area (Å²) < 4.78 is 2.73. The van der Waals surface area contributed by atoms with Crippen LogP contribution in [0.5, 0.6) is 0 Å². The largest absolute Gasteiger partial charge is 0.366 e. The summed E-state index contributed by atoms with van der Waals surface area (Å²) in [6.07, 6.45) is 6.33. The van der Waals surface area contributed by atoms with Gasteiger partial charge in [0, 0.05) is 0 Å². The summed E-state index contributed by atoms with van der Waals surface area (Å²) in [5.41, 5.74) is 5.60. The van der Waals surface area contributed by atoms with Gasteiger partial charge in [0.1, 0.15) is 0 Å². The van der Waals surface area contributed by atoms with E-state index in [0.717, 1.165) is 10.7 Å². The van der Waals surface area contributed by atoms with Gasteiger partial charge in [-0.1, -0.05) is 26.2 Å². The Labute approximate surface area is 98.4 Å². The highest BCUT2D eigenvalue weighted by Gasteiger charge is 2.27. The normalized spacial score (nSPS) is 26.8. The predicted molar refractivity (Wildman–Crippen MR) is 63.4 cm³/mol. The molecule has 1 aromatic rings. The molecule has 2 unspecified atom stereocenters. The van der Waals surface area contributed by atoms with E-state index in [1.54, 1.807) is 0 Å². The van der Waals surface area contributed by atoms with Crippen LogP contribution in [0.15, 0.2) is 4.73 Å². The lowest BCUT2D eigenvalue weighted by atomic mass is 9.83. The van der Waals surface area contributed by atoms with E-state index >= 15 is 0 Å². The molecule has 1 fully saturated rings. The number of nitrogen functional groups attached to an aromatic ring is 1. The molecular weight excluding hydrogens is 256 g/mol. The second-order valence-corrected chi connectivity index (χ2v) is 4.91.